The van der Waals surface area contributed by atoms with Gasteiger partial charge >= 0.3 is 0 Å². The molecule has 2 amide bonds. The Hall–Kier alpha value is -4.02. The summed E-state index contributed by atoms with van der Waals surface area (Å²) in [5.74, 6) is -1.65. The molecule has 0 heterocycles. The average molecular weight is 681 g/mol. The number of carbonyl (C=O) groups is 2. The molecule has 0 aliphatic heterocycles. The minimum absolute atomic E-state index is 0.000240. The van der Waals surface area contributed by atoms with Gasteiger partial charge in [0.25, 0.3) is 10.0 Å². The van der Waals surface area contributed by atoms with Gasteiger partial charge in [-0.1, -0.05) is 88.7 Å². The van der Waals surface area contributed by atoms with E-state index in [1.165, 1.54) is 23.1 Å². The predicted octanol–water partition coefficient (Wildman–Crippen LogP) is 6.34. The molecular weight excluding hydrogens is 645 g/mol. The van der Waals surface area contributed by atoms with Gasteiger partial charge in [-0.05, 0) is 62.7 Å². The monoisotopic (exact) mass is 679 g/mol. The zero-order valence-corrected chi connectivity index (χ0v) is 27.2. The molecule has 0 saturated carbocycles. The van der Waals surface area contributed by atoms with Gasteiger partial charge in [0, 0.05) is 28.5 Å². The quantitative estimate of drug-likeness (QED) is 0.201. The lowest BCUT2D eigenvalue weighted by atomic mass is 10.0. The van der Waals surface area contributed by atoms with Crippen LogP contribution in [0.5, 0.6) is 0 Å². The number of anilines is 1. The molecule has 10 heteroatoms. The van der Waals surface area contributed by atoms with E-state index in [-0.39, 0.29) is 29.1 Å². The minimum Gasteiger partial charge on any atom is -0.350 e. The molecule has 230 valence electrons. The van der Waals surface area contributed by atoms with E-state index in [0.29, 0.717) is 4.47 Å². The molecule has 44 heavy (non-hydrogen) atoms. The largest absolute Gasteiger partial charge is 0.350 e. The van der Waals surface area contributed by atoms with E-state index in [1.807, 2.05) is 51.1 Å². The van der Waals surface area contributed by atoms with Gasteiger partial charge in [-0.3, -0.25) is 13.9 Å². The van der Waals surface area contributed by atoms with E-state index in [1.54, 1.807) is 60.7 Å². The number of nitrogens with one attached hydrogen (secondary N) is 1. The number of sulfonamides is 1. The van der Waals surface area contributed by atoms with Crippen molar-refractivity contribution in [2.75, 3.05) is 10.8 Å². The summed E-state index contributed by atoms with van der Waals surface area (Å²) in [6.07, 6.45) is 0.130. The molecule has 0 radical (unpaired) electrons. The number of carbonyl (C=O) groups excluding carboxylic acids is 2. The predicted molar refractivity (Wildman–Crippen MR) is 174 cm³/mol. The molecule has 0 aliphatic carbocycles. The first-order valence-corrected chi connectivity index (χ1v) is 16.3. The van der Waals surface area contributed by atoms with E-state index >= 15 is 4.39 Å². The van der Waals surface area contributed by atoms with Gasteiger partial charge in [-0.15, -0.1) is 0 Å². The normalized spacial score (nSPS) is 12.3. The van der Waals surface area contributed by atoms with Crippen LogP contribution in [0.15, 0.2) is 119 Å². The smallest absolute Gasteiger partial charge is 0.264 e. The highest BCUT2D eigenvalue weighted by molar-refractivity contribution is 9.10. The summed E-state index contributed by atoms with van der Waals surface area (Å²) in [5, 5.41) is 2.96. The van der Waals surface area contributed by atoms with Crippen LogP contribution >= 0.6 is 15.9 Å². The molecule has 0 fully saturated rings. The number of hydrogen-bond donors (Lipinski definition) is 1. The molecule has 4 aromatic rings. The molecule has 0 bridgehead atoms. The highest BCUT2D eigenvalue weighted by Gasteiger charge is 2.36. The van der Waals surface area contributed by atoms with Crippen molar-refractivity contribution in [2.45, 2.75) is 50.2 Å². The summed E-state index contributed by atoms with van der Waals surface area (Å²) in [6, 6.07) is 28.6. The molecule has 4 aromatic carbocycles. The maximum Gasteiger partial charge on any atom is 0.264 e. The molecule has 0 saturated heterocycles. The number of halogens is 2. The van der Waals surface area contributed by atoms with Crippen LogP contribution in [0.3, 0.4) is 0 Å². The zero-order chi connectivity index (χ0) is 31.9. The van der Waals surface area contributed by atoms with Crippen LogP contribution < -0.4 is 9.62 Å². The second kappa shape index (κ2) is 14.2. The summed E-state index contributed by atoms with van der Waals surface area (Å²) < 4.78 is 44.6. The van der Waals surface area contributed by atoms with Gasteiger partial charge in [-0.25, -0.2) is 12.8 Å². The second-order valence-corrected chi connectivity index (χ2v) is 14.1. The van der Waals surface area contributed by atoms with Crippen molar-refractivity contribution in [2.24, 2.45) is 0 Å². The van der Waals surface area contributed by atoms with E-state index in [0.717, 1.165) is 9.87 Å². The highest BCUT2D eigenvalue weighted by Crippen LogP contribution is 2.27. The lowest BCUT2D eigenvalue weighted by Gasteiger charge is -2.35. The number of nitrogens with zero attached hydrogens (tertiary/aromatic N) is 2. The van der Waals surface area contributed by atoms with E-state index in [4.69, 9.17) is 0 Å². The van der Waals surface area contributed by atoms with E-state index < -0.39 is 45.8 Å². The van der Waals surface area contributed by atoms with Gasteiger partial charge in [0.15, 0.2) is 0 Å². The summed E-state index contributed by atoms with van der Waals surface area (Å²) in [7, 11) is -4.22. The Labute approximate surface area is 266 Å². The number of rotatable bonds is 11. The minimum atomic E-state index is -4.22. The fraction of sp³-hybridized carbons (Fsp3) is 0.235. The Morgan fingerprint density at radius 1 is 0.864 bits per heavy atom. The first-order chi connectivity index (χ1) is 20.8. The van der Waals surface area contributed by atoms with E-state index in [2.05, 4.69) is 21.2 Å². The Bertz CT molecular complexity index is 1700. The maximum atomic E-state index is 15.0. The summed E-state index contributed by atoms with van der Waals surface area (Å²) >= 11 is 3.40. The fourth-order valence-corrected chi connectivity index (χ4v) is 6.51. The van der Waals surface area contributed by atoms with Crippen LogP contribution in [0, 0.1) is 5.82 Å². The van der Waals surface area contributed by atoms with Crippen molar-refractivity contribution < 1.29 is 22.4 Å². The zero-order valence-electron chi connectivity index (χ0n) is 24.8. The molecule has 0 aromatic heterocycles. The number of amides is 2. The molecular formula is C34H35BrFN3O4S. The van der Waals surface area contributed by atoms with Crippen molar-refractivity contribution in [3.63, 3.8) is 0 Å². The summed E-state index contributed by atoms with van der Waals surface area (Å²) in [6.45, 7) is 4.60. The Morgan fingerprint density at radius 3 is 2.09 bits per heavy atom. The van der Waals surface area contributed by atoms with E-state index in [9.17, 15) is 18.0 Å². The fourth-order valence-electron chi connectivity index (χ4n) is 4.70. The third-order valence-electron chi connectivity index (χ3n) is 6.77. The van der Waals surface area contributed by atoms with Crippen LogP contribution in [0.4, 0.5) is 10.1 Å². The van der Waals surface area contributed by atoms with Crippen molar-refractivity contribution in [1.29, 1.82) is 0 Å². The first kappa shape index (κ1) is 32.9. The Morgan fingerprint density at radius 2 is 1.48 bits per heavy atom. The van der Waals surface area contributed by atoms with Crippen molar-refractivity contribution in [3.8, 4) is 0 Å². The molecule has 4 rings (SSSR count). The van der Waals surface area contributed by atoms with Gasteiger partial charge < -0.3 is 10.2 Å². The SMILES string of the molecule is CC(C)(C)NC(=O)C(Cc1ccccc1)N(Cc1ccccc1F)C(=O)CN(c1cccc(Br)c1)S(=O)(=O)c1ccccc1. The van der Waals surface area contributed by atoms with Gasteiger partial charge in [-0.2, -0.15) is 0 Å². The van der Waals surface area contributed by atoms with Crippen molar-refractivity contribution in [3.05, 3.63) is 131 Å². The van der Waals surface area contributed by atoms with Crippen molar-refractivity contribution in [1.82, 2.24) is 10.2 Å². The Kier molecular flexibility index (Phi) is 10.6. The first-order valence-electron chi connectivity index (χ1n) is 14.1. The van der Waals surface area contributed by atoms with Gasteiger partial charge in [0.1, 0.15) is 18.4 Å². The number of hydrogen-bond acceptors (Lipinski definition) is 4. The second-order valence-electron chi connectivity index (χ2n) is 11.4. The molecule has 0 spiro atoms. The number of benzene rings is 4. The van der Waals surface area contributed by atoms with Crippen molar-refractivity contribution >= 4 is 43.5 Å². The molecule has 0 aliphatic rings. The maximum absolute atomic E-state index is 15.0. The molecule has 7 nitrogen and oxygen atoms in total. The lowest BCUT2D eigenvalue weighted by Crippen LogP contribution is -2.56. The average Bonchev–Trinajstić information content (AvgIpc) is 2.98. The molecule has 1 atom stereocenters. The summed E-state index contributed by atoms with van der Waals surface area (Å²) in [4.78, 5) is 29.6. The molecule has 1 unspecified atom stereocenters. The standard InChI is InChI=1S/C34H35BrFN3O4S/c1-34(2,3)37-33(41)31(21-25-13-6-4-7-14-25)38(23-26-15-10-11-20-30(26)36)32(40)24-39(28-17-12-16-27(35)22-28)44(42,43)29-18-8-5-9-19-29/h4-20,22,31H,21,23-24H2,1-3H3,(H,37,41). The highest BCUT2D eigenvalue weighted by atomic mass is 79.9. The van der Waals surface area contributed by atoms with Crippen LogP contribution in [0.25, 0.3) is 0 Å². The Balaban J connectivity index is 1.82. The van der Waals surface area contributed by atoms with Crippen LogP contribution in [-0.4, -0.2) is 43.3 Å². The topological polar surface area (TPSA) is 86.8 Å². The van der Waals surface area contributed by atoms with Gasteiger partial charge in [0.05, 0.1) is 10.6 Å². The lowest BCUT2D eigenvalue weighted by molar-refractivity contribution is -0.140. The van der Waals surface area contributed by atoms with Crippen LogP contribution in [0.2, 0.25) is 0 Å². The third-order valence-corrected chi connectivity index (χ3v) is 9.06. The summed E-state index contributed by atoms with van der Waals surface area (Å²) in [5.41, 5.74) is 0.606. The molecule has 1 N–H and O–H groups in total. The van der Waals surface area contributed by atoms with Crippen LogP contribution in [0.1, 0.15) is 31.9 Å². The van der Waals surface area contributed by atoms with Gasteiger partial charge in [0.2, 0.25) is 11.8 Å². The van der Waals surface area contributed by atoms with Crippen LogP contribution in [-0.2, 0) is 32.6 Å². The third kappa shape index (κ3) is 8.54.